The van der Waals surface area contributed by atoms with Crippen molar-refractivity contribution in [1.29, 1.82) is 0 Å². The highest BCUT2D eigenvalue weighted by Crippen LogP contribution is 2.38. The van der Waals surface area contributed by atoms with E-state index in [1.165, 1.54) is 6.07 Å². The van der Waals surface area contributed by atoms with Gasteiger partial charge in [0.2, 0.25) is 5.76 Å². The fourth-order valence-corrected chi connectivity index (χ4v) is 2.90. The van der Waals surface area contributed by atoms with Gasteiger partial charge in [-0.15, -0.1) is 0 Å². The molecule has 24 heavy (non-hydrogen) atoms. The van der Waals surface area contributed by atoms with Crippen LogP contribution < -0.4 is 10.1 Å². The van der Waals surface area contributed by atoms with Crippen LogP contribution in [0.5, 0.6) is 5.75 Å². The summed E-state index contributed by atoms with van der Waals surface area (Å²) in [5.41, 5.74) is 1.18. The minimum absolute atomic E-state index is 0.197. The summed E-state index contributed by atoms with van der Waals surface area (Å²) in [5, 5.41) is 2.87. The zero-order valence-electron chi connectivity index (χ0n) is 14.2. The smallest absolute Gasteiger partial charge is 0.289 e. The zero-order valence-corrected chi connectivity index (χ0v) is 14.2. The summed E-state index contributed by atoms with van der Waals surface area (Å²) in [4.78, 5) is 16.9. The van der Waals surface area contributed by atoms with Gasteiger partial charge in [0.1, 0.15) is 6.10 Å². The summed E-state index contributed by atoms with van der Waals surface area (Å²) in [6, 6.07) is 4.27. The number of benzene rings is 1. The molecule has 0 aliphatic carbocycles. The second-order valence-corrected chi connectivity index (χ2v) is 6.55. The number of halogens is 1. The number of para-hydroxylation sites is 1. The number of hydrogen-bond donors (Lipinski definition) is 1. The fraction of sp³-hybridized carbons (Fsp3) is 0.444. The van der Waals surface area contributed by atoms with E-state index in [0.29, 0.717) is 29.5 Å². The van der Waals surface area contributed by atoms with Crippen LogP contribution in [0.4, 0.5) is 4.39 Å². The Morgan fingerprint density at radius 3 is 2.88 bits per heavy atom. The number of ether oxygens (including phenoxy) is 1. The Morgan fingerprint density at radius 2 is 2.17 bits per heavy atom. The van der Waals surface area contributed by atoms with E-state index >= 15 is 0 Å². The van der Waals surface area contributed by atoms with Crippen molar-refractivity contribution < 1.29 is 18.3 Å². The first kappa shape index (κ1) is 16.5. The van der Waals surface area contributed by atoms with Crippen molar-refractivity contribution in [3.8, 4) is 5.75 Å². The highest BCUT2D eigenvalue weighted by Gasteiger charge is 2.35. The molecule has 0 radical (unpaired) electrons. The third-order valence-corrected chi connectivity index (χ3v) is 4.02. The number of rotatable bonds is 4. The van der Waals surface area contributed by atoms with Crippen LogP contribution in [-0.2, 0) is 6.42 Å². The lowest BCUT2D eigenvalue weighted by atomic mass is 10.0. The highest BCUT2D eigenvalue weighted by atomic mass is 19.1. The Labute approximate surface area is 140 Å². The number of aryl methyl sites for hydroxylation is 1. The van der Waals surface area contributed by atoms with Crippen molar-refractivity contribution in [2.24, 2.45) is 5.92 Å². The monoisotopic (exact) mass is 332 g/mol. The van der Waals surface area contributed by atoms with Gasteiger partial charge in [-0.1, -0.05) is 26.0 Å². The second-order valence-electron chi connectivity index (χ2n) is 6.55. The Balaban J connectivity index is 1.81. The number of aromatic nitrogens is 1. The van der Waals surface area contributed by atoms with Crippen molar-refractivity contribution in [3.63, 3.8) is 0 Å². The molecule has 5 nitrogen and oxygen atoms in total. The number of carbonyl (C=O) groups is 1. The van der Waals surface area contributed by atoms with Gasteiger partial charge < -0.3 is 14.5 Å². The molecule has 1 aromatic carbocycles. The number of amides is 1. The minimum Gasteiger partial charge on any atom is -0.485 e. The Morgan fingerprint density at radius 1 is 1.42 bits per heavy atom. The van der Waals surface area contributed by atoms with E-state index < -0.39 is 11.9 Å². The number of oxazole rings is 1. The van der Waals surface area contributed by atoms with E-state index in [0.717, 1.165) is 0 Å². The summed E-state index contributed by atoms with van der Waals surface area (Å²) in [5.74, 6) is 0.540. The molecule has 0 saturated heterocycles. The van der Waals surface area contributed by atoms with Crippen molar-refractivity contribution in [3.05, 3.63) is 46.9 Å². The lowest BCUT2D eigenvalue weighted by Gasteiger charge is -2.16. The molecular formula is C18H21FN2O3. The molecule has 1 aromatic heterocycles. The van der Waals surface area contributed by atoms with Crippen LogP contribution in [0.2, 0.25) is 0 Å². The molecule has 2 atom stereocenters. The van der Waals surface area contributed by atoms with Gasteiger partial charge in [-0.3, -0.25) is 4.79 Å². The molecule has 128 valence electrons. The Hall–Kier alpha value is -2.37. The van der Waals surface area contributed by atoms with Crippen molar-refractivity contribution in [2.75, 3.05) is 0 Å². The molecule has 0 unspecified atom stereocenters. The molecule has 1 aliphatic heterocycles. The van der Waals surface area contributed by atoms with Crippen LogP contribution in [-0.4, -0.2) is 17.0 Å². The molecule has 6 heteroatoms. The second kappa shape index (κ2) is 6.26. The first-order chi connectivity index (χ1) is 11.4. The van der Waals surface area contributed by atoms with Crippen molar-refractivity contribution in [2.45, 2.75) is 46.3 Å². The van der Waals surface area contributed by atoms with E-state index in [2.05, 4.69) is 24.1 Å². The zero-order chi connectivity index (χ0) is 17.4. The van der Waals surface area contributed by atoms with Crippen molar-refractivity contribution >= 4 is 5.91 Å². The molecule has 2 heterocycles. The maximum absolute atomic E-state index is 13.8. The average molecular weight is 332 g/mol. The molecule has 0 saturated carbocycles. The SMILES string of the molecule is Cc1nc(CC(C)C)oc1C(=O)N[C@H]1c2cccc(F)c2O[C@@H]1C. The number of hydrogen-bond acceptors (Lipinski definition) is 4. The summed E-state index contributed by atoms with van der Waals surface area (Å²) >= 11 is 0. The van der Waals surface area contributed by atoms with Crippen LogP contribution in [0, 0.1) is 18.7 Å². The first-order valence-corrected chi connectivity index (χ1v) is 8.09. The normalized spacial score (nSPS) is 19.2. The van der Waals surface area contributed by atoms with E-state index in [9.17, 15) is 9.18 Å². The molecular weight excluding hydrogens is 311 g/mol. The first-order valence-electron chi connectivity index (χ1n) is 8.09. The van der Waals surface area contributed by atoms with Crippen molar-refractivity contribution in [1.82, 2.24) is 10.3 Å². The van der Waals surface area contributed by atoms with Gasteiger partial charge in [0.05, 0.1) is 11.7 Å². The maximum atomic E-state index is 13.8. The average Bonchev–Trinajstić information content (AvgIpc) is 3.01. The Bertz CT molecular complexity index is 770. The summed E-state index contributed by atoms with van der Waals surface area (Å²) in [6.07, 6.45) is 0.310. The van der Waals surface area contributed by atoms with Gasteiger partial charge in [-0.05, 0) is 25.8 Å². The molecule has 1 N–H and O–H groups in total. The molecule has 1 aliphatic rings. The van der Waals surface area contributed by atoms with Gasteiger partial charge in [0.25, 0.3) is 5.91 Å². The predicted molar refractivity (Wildman–Crippen MR) is 86.5 cm³/mol. The lowest BCUT2D eigenvalue weighted by molar-refractivity contribution is 0.0876. The van der Waals surface area contributed by atoms with Gasteiger partial charge in [0, 0.05) is 12.0 Å². The van der Waals surface area contributed by atoms with Gasteiger partial charge in [0.15, 0.2) is 17.5 Å². The largest absolute Gasteiger partial charge is 0.485 e. The number of carbonyl (C=O) groups excluding carboxylic acids is 1. The predicted octanol–water partition coefficient (Wildman–Crippen LogP) is 3.57. The summed E-state index contributed by atoms with van der Waals surface area (Å²) < 4.78 is 25.0. The number of nitrogens with one attached hydrogen (secondary N) is 1. The van der Waals surface area contributed by atoms with Crippen LogP contribution in [0.25, 0.3) is 0 Å². The third-order valence-electron chi connectivity index (χ3n) is 4.02. The fourth-order valence-electron chi connectivity index (χ4n) is 2.90. The van der Waals surface area contributed by atoms with Gasteiger partial charge >= 0.3 is 0 Å². The molecule has 0 fully saturated rings. The van der Waals surface area contributed by atoms with Crippen LogP contribution in [0.15, 0.2) is 22.6 Å². The number of fused-ring (bicyclic) bond motifs is 1. The van der Waals surface area contributed by atoms with Gasteiger partial charge in [-0.25, -0.2) is 9.37 Å². The van der Waals surface area contributed by atoms with E-state index in [1.54, 1.807) is 26.0 Å². The van der Waals surface area contributed by atoms with Crippen LogP contribution in [0.1, 0.15) is 54.5 Å². The Kier molecular flexibility index (Phi) is 4.30. The molecule has 3 rings (SSSR count). The lowest BCUT2D eigenvalue weighted by Crippen LogP contribution is -2.34. The molecule has 0 spiro atoms. The standard InChI is InChI=1S/C18H21FN2O3/c1-9(2)8-14-20-10(3)16(24-14)18(22)21-15-11(4)23-17-12(15)6-5-7-13(17)19/h5-7,9,11,15H,8H2,1-4H3,(H,21,22)/t11-,15-/m1/s1. The van der Waals surface area contributed by atoms with E-state index in [1.807, 2.05) is 0 Å². The number of nitrogens with zero attached hydrogens (tertiary/aromatic N) is 1. The minimum atomic E-state index is -0.429. The molecule has 2 aromatic rings. The summed E-state index contributed by atoms with van der Waals surface area (Å²) in [6.45, 7) is 7.65. The molecule has 0 bridgehead atoms. The molecule has 1 amide bonds. The van der Waals surface area contributed by atoms with Gasteiger partial charge in [-0.2, -0.15) is 0 Å². The summed E-state index contributed by atoms with van der Waals surface area (Å²) in [7, 11) is 0. The van der Waals surface area contributed by atoms with E-state index in [4.69, 9.17) is 9.15 Å². The van der Waals surface area contributed by atoms with Crippen LogP contribution in [0.3, 0.4) is 0 Å². The topological polar surface area (TPSA) is 64.4 Å². The highest BCUT2D eigenvalue weighted by molar-refractivity contribution is 5.92. The quantitative estimate of drug-likeness (QED) is 0.929. The maximum Gasteiger partial charge on any atom is 0.289 e. The van der Waals surface area contributed by atoms with Crippen LogP contribution >= 0.6 is 0 Å². The third kappa shape index (κ3) is 3.00. The van der Waals surface area contributed by atoms with E-state index in [-0.39, 0.29) is 23.5 Å².